The van der Waals surface area contributed by atoms with Gasteiger partial charge in [0.2, 0.25) is 0 Å². The summed E-state index contributed by atoms with van der Waals surface area (Å²) in [6.07, 6.45) is 3.63. The van der Waals surface area contributed by atoms with Crippen molar-refractivity contribution in [3.63, 3.8) is 0 Å². The summed E-state index contributed by atoms with van der Waals surface area (Å²) >= 11 is 0. The summed E-state index contributed by atoms with van der Waals surface area (Å²) in [5, 5.41) is 16.7. The van der Waals surface area contributed by atoms with Gasteiger partial charge in [-0.25, -0.2) is 0 Å². The Kier molecular flexibility index (Phi) is 3.04. The lowest BCUT2D eigenvalue weighted by atomic mass is 10.2. The fourth-order valence-electron chi connectivity index (χ4n) is 1.45. The minimum Gasteiger partial charge on any atom is -0.480 e. The van der Waals surface area contributed by atoms with E-state index in [1.807, 2.05) is 24.5 Å². The molecule has 2 N–H and O–H groups in total. The summed E-state index contributed by atoms with van der Waals surface area (Å²) in [5.41, 5.74) is 1.70. The van der Waals surface area contributed by atoms with E-state index in [2.05, 4.69) is 15.2 Å². The Balaban J connectivity index is 2.15. The number of carbonyl (C=O) groups is 1. The molecule has 6 nitrogen and oxygen atoms in total. The number of aromatic nitrogens is 3. The van der Waals surface area contributed by atoms with Gasteiger partial charge in [-0.1, -0.05) is 0 Å². The molecule has 17 heavy (non-hydrogen) atoms. The quantitative estimate of drug-likeness (QED) is 0.821. The van der Waals surface area contributed by atoms with Crippen LogP contribution in [0, 0.1) is 0 Å². The molecular weight excluding hydrogens is 220 g/mol. The molecule has 0 aliphatic rings. The Hall–Kier alpha value is -2.37. The van der Waals surface area contributed by atoms with Crippen molar-refractivity contribution in [1.82, 2.24) is 15.2 Å². The zero-order valence-electron chi connectivity index (χ0n) is 9.29. The van der Waals surface area contributed by atoms with Gasteiger partial charge in [-0.3, -0.25) is 4.79 Å². The number of aromatic amines is 1. The van der Waals surface area contributed by atoms with Gasteiger partial charge in [0.25, 0.3) is 0 Å². The zero-order chi connectivity index (χ0) is 12.3. The first-order chi connectivity index (χ1) is 8.16. The van der Waals surface area contributed by atoms with Crippen LogP contribution in [0.1, 0.15) is 0 Å². The fourth-order valence-corrected chi connectivity index (χ4v) is 1.45. The number of hydrogen-bond acceptors (Lipinski definition) is 4. The predicted octanol–water partition coefficient (Wildman–Crippen LogP) is 0.992. The van der Waals surface area contributed by atoms with Crippen molar-refractivity contribution in [3.8, 4) is 11.3 Å². The average Bonchev–Trinajstić information content (AvgIpc) is 2.82. The molecule has 0 fully saturated rings. The van der Waals surface area contributed by atoms with Crippen molar-refractivity contribution < 1.29 is 9.90 Å². The molecule has 6 heteroatoms. The van der Waals surface area contributed by atoms with Crippen molar-refractivity contribution in [3.05, 3.63) is 30.6 Å². The van der Waals surface area contributed by atoms with Crippen LogP contribution in [-0.4, -0.2) is 39.8 Å². The van der Waals surface area contributed by atoms with Gasteiger partial charge >= 0.3 is 5.97 Å². The first-order valence-electron chi connectivity index (χ1n) is 5.06. The molecule has 2 rings (SSSR count). The molecular formula is C11H12N4O2. The molecule has 0 bridgehead atoms. The molecule has 0 unspecified atom stereocenters. The third-order valence-corrected chi connectivity index (χ3v) is 2.31. The van der Waals surface area contributed by atoms with Crippen molar-refractivity contribution in [2.24, 2.45) is 0 Å². The maximum absolute atomic E-state index is 10.5. The van der Waals surface area contributed by atoms with Crippen LogP contribution in [0.3, 0.4) is 0 Å². The number of carboxylic acid groups (broad SMARTS) is 1. The largest absolute Gasteiger partial charge is 0.480 e. The van der Waals surface area contributed by atoms with Gasteiger partial charge in [0.15, 0.2) is 5.82 Å². The lowest BCUT2D eigenvalue weighted by Crippen LogP contribution is -2.26. The van der Waals surface area contributed by atoms with E-state index in [4.69, 9.17) is 5.11 Å². The second-order valence-electron chi connectivity index (χ2n) is 3.63. The standard InChI is InChI=1S/C11H12N4O2/c1-15(7-11(16)17)10-3-2-9(13-14-10)8-4-5-12-6-8/h2-6,12H,7H2,1H3,(H,16,17). The Bertz CT molecular complexity index is 493. The highest BCUT2D eigenvalue weighted by atomic mass is 16.4. The SMILES string of the molecule is CN(CC(=O)O)c1ccc(-c2cc[nH]c2)nn1. The molecule has 2 aromatic heterocycles. The van der Waals surface area contributed by atoms with Crippen molar-refractivity contribution >= 4 is 11.8 Å². The first-order valence-corrected chi connectivity index (χ1v) is 5.06. The summed E-state index contributed by atoms with van der Waals surface area (Å²) in [7, 11) is 1.66. The summed E-state index contributed by atoms with van der Waals surface area (Å²) in [6, 6.07) is 5.45. The average molecular weight is 232 g/mol. The minimum absolute atomic E-state index is 0.0990. The maximum atomic E-state index is 10.5. The summed E-state index contributed by atoms with van der Waals surface area (Å²) in [6.45, 7) is -0.0990. The maximum Gasteiger partial charge on any atom is 0.323 e. The molecule has 0 aromatic carbocycles. The third-order valence-electron chi connectivity index (χ3n) is 2.31. The number of H-pyrrole nitrogens is 1. The number of rotatable bonds is 4. The van der Waals surface area contributed by atoms with Crippen LogP contribution in [0.4, 0.5) is 5.82 Å². The number of aliphatic carboxylic acids is 1. The van der Waals surface area contributed by atoms with E-state index in [0.29, 0.717) is 5.82 Å². The number of nitrogens with one attached hydrogen (secondary N) is 1. The Morgan fingerprint density at radius 2 is 2.24 bits per heavy atom. The molecule has 0 saturated carbocycles. The lowest BCUT2D eigenvalue weighted by Gasteiger charge is -2.14. The van der Waals surface area contributed by atoms with E-state index in [1.165, 1.54) is 4.90 Å². The summed E-state index contributed by atoms with van der Waals surface area (Å²) in [4.78, 5) is 15.0. The van der Waals surface area contributed by atoms with E-state index in [9.17, 15) is 4.79 Å². The predicted molar refractivity (Wildman–Crippen MR) is 62.7 cm³/mol. The Morgan fingerprint density at radius 3 is 2.76 bits per heavy atom. The van der Waals surface area contributed by atoms with Gasteiger partial charge in [0.05, 0.1) is 5.69 Å². The molecule has 0 aliphatic carbocycles. The van der Waals surface area contributed by atoms with Crippen LogP contribution in [0.5, 0.6) is 0 Å². The van der Waals surface area contributed by atoms with E-state index < -0.39 is 5.97 Å². The topological polar surface area (TPSA) is 82.1 Å². The smallest absolute Gasteiger partial charge is 0.323 e. The van der Waals surface area contributed by atoms with E-state index in [-0.39, 0.29) is 6.54 Å². The highest BCUT2D eigenvalue weighted by Gasteiger charge is 2.08. The van der Waals surface area contributed by atoms with Crippen LogP contribution in [0.15, 0.2) is 30.6 Å². The van der Waals surface area contributed by atoms with Crippen LogP contribution >= 0.6 is 0 Å². The molecule has 0 aliphatic heterocycles. The van der Waals surface area contributed by atoms with Gasteiger partial charge in [0.1, 0.15) is 6.54 Å². The number of carboxylic acids is 1. The number of likely N-dealkylation sites (N-methyl/N-ethyl adjacent to an activating group) is 1. The molecule has 0 spiro atoms. The van der Waals surface area contributed by atoms with Gasteiger partial charge < -0.3 is 15.0 Å². The molecule has 0 radical (unpaired) electrons. The molecule has 0 saturated heterocycles. The first kappa shape index (κ1) is 11.1. The van der Waals surface area contributed by atoms with Gasteiger partial charge in [-0.15, -0.1) is 10.2 Å². The van der Waals surface area contributed by atoms with Crippen molar-refractivity contribution in [2.45, 2.75) is 0 Å². The van der Waals surface area contributed by atoms with E-state index in [0.717, 1.165) is 11.3 Å². The second kappa shape index (κ2) is 4.65. The van der Waals surface area contributed by atoms with Crippen LogP contribution in [-0.2, 0) is 4.79 Å². The van der Waals surface area contributed by atoms with Crippen molar-refractivity contribution in [1.29, 1.82) is 0 Å². The lowest BCUT2D eigenvalue weighted by molar-refractivity contribution is -0.135. The molecule has 0 atom stereocenters. The summed E-state index contributed by atoms with van der Waals surface area (Å²) < 4.78 is 0. The Labute approximate surface area is 97.9 Å². The van der Waals surface area contributed by atoms with Crippen LogP contribution < -0.4 is 4.90 Å². The fraction of sp³-hybridized carbons (Fsp3) is 0.182. The highest BCUT2D eigenvalue weighted by Crippen LogP contribution is 2.16. The highest BCUT2D eigenvalue weighted by molar-refractivity contribution is 5.73. The van der Waals surface area contributed by atoms with Crippen LogP contribution in [0.25, 0.3) is 11.3 Å². The number of hydrogen-bond donors (Lipinski definition) is 2. The summed E-state index contributed by atoms with van der Waals surface area (Å²) in [5.74, 6) is -0.365. The second-order valence-corrected chi connectivity index (χ2v) is 3.63. The van der Waals surface area contributed by atoms with E-state index in [1.54, 1.807) is 13.1 Å². The Morgan fingerprint density at radius 1 is 1.41 bits per heavy atom. The van der Waals surface area contributed by atoms with Crippen LogP contribution in [0.2, 0.25) is 0 Å². The molecule has 0 amide bonds. The number of nitrogens with zero attached hydrogens (tertiary/aromatic N) is 3. The third kappa shape index (κ3) is 2.60. The van der Waals surface area contributed by atoms with Crippen molar-refractivity contribution in [2.75, 3.05) is 18.5 Å². The normalized spacial score (nSPS) is 10.2. The van der Waals surface area contributed by atoms with Gasteiger partial charge in [-0.05, 0) is 18.2 Å². The number of anilines is 1. The molecule has 2 aromatic rings. The minimum atomic E-state index is -0.899. The monoisotopic (exact) mass is 232 g/mol. The zero-order valence-corrected chi connectivity index (χ0v) is 9.29. The molecule has 2 heterocycles. The van der Waals surface area contributed by atoms with E-state index >= 15 is 0 Å². The van der Waals surface area contributed by atoms with Gasteiger partial charge in [0, 0.05) is 25.0 Å². The molecule has 88 valence electrons. The van der Waals surface area contributed by atoms with Gasteiger partial charge in [-0.2, -0.15) is 0 Å².